The normalized spacial score (nSPS) is 15.5. The highest BCUT2D eigenvalue weighted by Gasteiger charge is 2.20. The summed E-state index contributed by atoms with van der Waals surface area (Å²) < 4.78 is 15.8. The van der Waals surface area contributed by atoms with Gasteiger partial charge in [-0.2, -0.15) is 9.49 Å². The number of aryl methyl sites for hydroxylation is 1. The van der Waals surface area contributed by atoms with Crippen molar-refractivity contribution in [3.63, 3.8) is 0 Å². The SMILES string of the molecule is Cn1nc2n(c1=O)CCN(Cc1ccc(F)nc1)C2. The summed E-state index contributed by atoms with van der Waals surface area (Å²) in [5.74, 6) is 0.301. The van der Waals surface area contributed by atoms with E-state index >= 15 is 0 Å². The second-order valence-corrected chi connectivity index (χ2v) is 4.67. The Balaban J connectivity index is 1.75. The van der Waals surface area contributed by atoms with E-state index in [1.807, 2.05) is 0 Å². The fraction of sp³-hybridized carbons (Fsp3) is 0.417. The van der Waals surface area contributed by atoms with E-state index in [-0.39, 0.29) is 5.69 Å². The fourth-order valence-corrected chi connectivity index (χ4v) is 2.31. The van der Waals surface area contributed by atoms with Crippen LogP contribution in [0.25, 0.3) is 0 Å². The largest absolute Gasteiger partial charge is 0.345 e. The van der Waals surface area contributed by atoms with Gasteiger partial charge in [-0.25, -0.2) is 14.5 Å². The van der Waals surface area contributed by atoms with Gasteiger partial charge in [0.25, 0.3) is 0 Å². The molecule has 0 saturated carbocycles. The third-order valence-electron chi connectivity index (χ3n) is 3.28. The molecule has 0 aromatic carbocycles. The number of hydrogen-bond donors (Lipinski definition) is 0. The van der Waals surface area contributed by atoms with Crippen molar-refractivity contribution in [2.45, 2.75) is 19.6 Å². The average molecular weight is 263 g/mol. The van der Waals surface area contributed by atoms with E-state index in [9.17, 15) is 9.18 Å². The molecule has 3 heterocycles. The molecule has 6 nitrogen and oxygen atoms in total. The summed E-state index contributed by atoms with van der Waals surface area (Å²) in [7, 11) is 1.65. The van der Waals surface area contributed by atoms with Crippen LogP contribution in [0.4, 0.5) is 4.39 Å². The van der Waals surface area contributed by atoms with Crippen molar-refractivity contribution >= 4 is 0 Å². The minimum atomic E-state index is -0.471. The number of halogens is 1. The molecule has 0 spiro atoms. The predicted octanol–water partition coefficient (Wildman–Crippen LogP) is 0.132. The summed E-state index contributed by atoms with van der Waals surface area (Å²) in [6, 6.07) is 3.08. The van der Waals surface area contributed by atoms with E-state index in [0.29, 0.717) is 19.6 Å². The Morgan fingerprint density at radius 3 is 2.95 bits per heavy atom. The molecular formula is C12H14FN5O. The molecule has 0 radical (unpaired) electrons. The van der Waals surface area contributed by atoms with E-state index in [1.54, 1.807) is 17.7 Å². The van der Waals surface area contributed by atoms with Crippen molar-refractivity contribution in [3.8, 4) is 0 Å². The van der Waals surface area contributed by atoms with Crippen molar-refractivity contribution < 1.29 is 4.39 Å². The van der Waals surface area contributed by atoms with Crippen LogP contribution in [-0.4, -0.2) is 30.8 Å². The summed E-state index contributed by atoms with van der Waals surface area (Å²) in [6.45, 7) is 2.71. The third kappa shape index (κ3) is 2.28. The lowest BCUT2D eigenvalue weighted by Gasteiger charge is -2.26. The monoisotopic (exact) mass is 263 g/mol. The lowest BCUT2D eigenvalue weighted by Crippen LogP contribution is -2.37. The molecule has 0 amide bonds. The number of rotatable bonds is 2. The zero-order valence-corrected chi connectivity index (χ0v) is 10.6. The first-order valence-electron chi connectivity index (χ1n) is 6.09. The van der Waals surface area contributed by atoms with Gasteiger partial charge in [-0.3, -0.25) is 9.47 Å². The summed E-state index contributed by atoms with van der Waals surface area (Å²) in [5.41, 5.74) is 0.881. The Labute approximate surface area is 109 Å². The molecule has 2 aromatic heterocycles. The quantitative estimate of drug-likeness (QED) is 0.723. The van der Waals surface area contributed by atoms with Crippen molar-refractivity contribution in [3.05, 3.63) is 46.1 Å². The van der Waals surface area contributed by atoms with Gasteiger partial charge in [0.1, 0.15) is 5.82 Å². The smallest absolute Gasteiger partial charge is 0.290 e. The minimum Gasteiger partial charge on any atom is -0.290 e. The van der Waals surface area contributed by atoms with Gasteiger partial charge in [0.05, 0.1) is 6.54 Å². The highest BCUT2D eigenvalue weighted by atomic mass is 19.1. The molecule has 0 N–H and O–H groups in total. The van der Waals surface area contributed by atoms with E-state index in [4.69, 9.17) is 0 Å². The maximum atomic E-state index is 12.7. The van der Waals surface area contributed by atoms with Crippen LogP contribution >= 0.6 is 0 Å². The van der Waals surface area contributed by atoms with Gasteiger partial charge < -0.3 is 0 Å². The standard InChI is InChI=1S/C12H14FN5O/c1-16-12(19)18-5-4-17(8-11(18)15-16)7-9-2-3-10(13)14-6-9/h2-3,6H,4-5,7-8H2,1H3. The highest BCUT2D eigenvalue weighted by molar-refractivity contribution is 5.09. The van der Waals surface area contributed by atoms with Gasteiger partial charge >= 0.3 is 5.69 Å². The van der Waals surface area contributed by atoms with Crippen LogP contribution in [0.5, 0.6) is 0 Å². The van der Waals surface area contributed by atoms with E-state index in [2.05, 4.69) is 15.0 Å². The van der Waals surface area contributed by atoms with Crippen LogP contribution in [0.15, 0.2) is 23.1 Å². The van der Waals surface area contributed by atoms with Gasteiger partial charge in [0.2, 0.25) is 5.95 Å². The van der Waals surface area contributed by atoms with Crippen LogP contribution in [0.3, 0.4) is 0 Å². The maximum absolute atomic E-state index is 12.7. The summed E-state index contributed by atoms with van der Waals surface area (Å²) in [6.07, 6.45) is 1.54. The van der Waals surface area contributed by atoms with Gasteiger partial charge in [0.15, 0.2) is 0 Å². The van der Waals surface area contributed by atoms with Crippen LogP contribution in [0.2, 0.25) is 0 Å². The Hall–Kier alpha value is -2.02. The number of hydrogen-bond acceptors (Lipinski definition) is 4. The average Bonchev–Trinajstić information content (AvgIpc) is 2.68. The second-order valence-electron chi connectivity index (χ2n) is 4.67. The second kappa shape index (κ2) is 4.58. The predicted molar refractivity (Wildman–Crippen MR) is 65.8 cm³/mol. The minimum absolute atomic E-state index is 0.0712. The van der Waals surface area contributed by atoms with Crippen LogP contribution < -0.4 is 5.69 Å². The third-order valence-corrected chi connectivity index (χ3v) is 3.28. The molecule has 2 aromatic rings. The first-order chi connectivity index (χ1) is 9.13. The fourth-order valence-electron chi connectivity index (χ4n) is 2.31. The van der Waals surface area contributed by atoms with Gasteiger partial charge in [0, 0.05) is 32.9 Å². The van der Waals surface area contributed by atoms with E-state index in [0.717, 1.165) is 17.9 Å². The summed E-state index contributed by atoms with van der Waals surface area (Å²) in [4.78, 5) is 17.5. The number of pyridine rings is 1. The molecule has 19 heavy (non-hydrogen) atoms. The number of aromatic nitrogens is 4. The molecule has 1 aliphatic rings. The topological polar surface area (TPSA) is 56.0 Å². The zero-order chi connectivity index (χ0) is 13.4. The Morgan fingerprint density at radius 1 is 1.37 bits per heavy atom. The number of nitrogens with zero attached hydrogens (tertiary/aromatic N) is 5. The van der Waals surface area contributed by atoms with E-state index in [1.165, 1.54) is 16.9 Å². The molecule has 0 fully saturated rings. The Kier molecular flexibility index (Phi) is 2.90. The molecule has 0 aliphatic carbocycles. The van der Waals surface area contributed by atoms with Crippen LogP contribution in [0.1, 0.15) is 11.4 Å². The van der Waals surface area contributed by atoms with Crippen LogP contribution in [-0.2, 0) is 26.7 Å². The van der Waals surface area contributed by atoms with Gasteiger partial charge in [-0.05, 0) is 11.6 Å². The van der Waals surface area contributed by atoms with Gasteiger partial charge in [-0.15, -0.1) is 0 Å². The summed E-state index contributed by atoms with van der Waals surface area (Å²) in [5, 5.41) is 4.21. The molecule has 7 heteroatoms. The summed E-state index contributed by atoms with van der Waals surface area (Å²) >= 11 is 0. The lowest BCUT2D eigenvalue weighted by atomic mass is 10.2. The first-order valence-corrected chi connectivity index (χ1v) is 6.09. The molecule has 1 aliphatic heterocycles. The molecule has 3 rings (SSSR count). The molecule has 0 atom stereocenters. The molecular weight excluding hydrogens is 249 g/mol. The van der Waals surface area contributed by atoms with Crippen molar-refractivity contribution in [1.82, 2.24) is 24.2 Å². The molecule has 100 valence electrons. The van der Waals surface area contributed by atoms with E-state index < -0.39 is 5.95 Å². The lowest BCUT2D eigenvalue weighted by molar-refractivity contribution is 0.207. The van der Waals surface area contributed by atoms with Crippen molar-refractivity contribution in [2.75, 3.05) is 6.54 Å². The molecule has 0 saturated heterocycles. The van der Waals surface area contributed by atoms with Crippen molar-refractivity contribution in [2.24, 2.45) is 7.05 Å². The zero-order valence-electron chi connectivity index (χ0n) is 10.6. The Morgan fingerprint density at radius 2 is 2.21 bits per heavy atom. The number of fused-ring (bicyclic) bond motifs is 1. The first kappa shape index (κ1) is 12.0. The Bertz CT molecular complexity index is 645. The van der Waals surface area contributed by atoms with Gasteiger partial charge in [-0.1, -0.05) is 6.07 Å². The van der Waals surface area contributed by atoms with Crippen LogP contribution in [0, 0.1) is 5.95 Å². The van der Waals surface area contributed by atoms with Crippen molar-refractivity contribution in [1.29, 1.82) is 0 Å². The highest BCUT2D eigenvalue weighted by Crippen LogP contribution is 2.11. The maximum Gasteiger partial charge on any atom is 0.345 e. The molecule has 0 unspecified atom stereocenters. The molecule has 0 bridgehead atoms.